The van der Waals surface area contributed by atoms with Crippen LogP contribution in [0.2, 0.25) is 0 Å². The molecule has 1 atom stereocenters. The molecule has 4 rings (SSSR count). The minimum absolute atomic E-state index is 0.389. The molecule has 1 aromatic heterocycles. The van der Waals surface area contributed by atoms with E-state index in [4.69, 9.17) is 20.3 Å². The van der Waals surface area contributed by atoms with Crippen LogP contribution in [0.25, 0.3) is 0 Å². The summed E-state index contributed by atoms with van der Waals surface area (Å²) in [4.78, 5) is 17.2. The van der Waals surface area contributed by atoms with Crippen molar-refractivity contribution in [3.8, 4) is 11.5 Å². The Hall–Kier alpha value is -2.98. The van der Waals surface area contributed by atoms with Crippen LogP contribution in [0.5, 0.6) is 11.5 Å². The average Bonchev–Trinajstić information content (AvgIpc) is 3.24. The van der Waals surface area contributed by atoms with Crippen molar-refractivity contribution in [1.82, 2.24) is 14.8 Å². The number of primary amides is 1. The first-order valence-corrected chi connectivity index (χ1v) is 13.5. The molecule has 0 aliphatic carbocycles. The van der Waals surface area contributed by atoms with Gasteiger partial charge in [-0.15, -0.1) is 5.10 Å². The zero-order chi connectivity index (χ0) is 25.8. The fourth-order valence-corrected chi connectivity index (χ4v) is 5.61. The highest BCUT2D eigenvalue weighted by Gasteiger charge is 2.34. The Kier molecular flexibility index (Phi) is 8.25. The fraction of sp³-hybridized carbons (Fsp3) is 0.346. The predicted molar refractivity (Wildman–Crippen MR) is 146 cm³/mol. The lowest BCUT2D eigenvalue weighted by Gasteiger charge is -2.28. The van der Waals surface area contributed by atoms with Gasteiger partial charge in [-0.05, 0) is 59.5 Å². The van der Waals surface area contributed by atoms with E-state index >= 15 is 0 Å². The number of ether oxygens (including phenoxy) is 2. The van der Waals surface area contributed by atoms with Gasteiger partial charge in [-0.1, -0.05) is 54.9 Å². The van der Waals surface area contributed by atoms with Crippen LogP contribution in [-0.2, 0) is 11.4 Å². The number of fused-ring (bicyclic) bond motifs is 1. The van der Waals surface area contributed by atoms with E-state index < -0.39 is 11.9 Å². The molecule has 3 N–H and O–H groups in total. The number of rotatable bonds is 10. The van der Waals surface area contributed by atoms with Gasteiger partial charge in [0, 0.05) is 11.4 Å². The van der Waals surface area contributed by atoms with Crippen LogP contribution >= 0.6 is 27.7 Å². The lowest BCUT2D eigenvalue weighted by atomic mass is 9.95. The lowest BCUT2D eigenvalue weighted by Crippen LogP contribution is -2.31. The van der Waals surface area contributed by atoms with E-state index in [1.807, 2.05) is 44.2 Å². The third kappa shape index (κ3) is 5.54. The summed E-state index contributed by atoms with van der Waals surface area (Å²) in [5, 5.41) is 8.55. The van der Waals surface area contributed by atoms with Gasteiger partial charge in [0.25, 0.3) is 0 Å². The maximum absolute atomic E-state index is 12.6. The zero-order valence-electron chi connectivity index (χ0n) is 20.8. The molecule has 2 heterocycles. The van der Waals surface area contributed by atoms with Crippen molar-refractivity contribution in [1.29, 1.82) is 0 Å². The third-order valence-electron chi connectivity index (χ3n) is 5.86. The average molecular weight is 573 g/mol. The SMILES string of the molecule is CCCCSc1nc2n(n1)C(c1cc(Br)c(OCc3cccc(C)c3)c(OC)c1)C(C(N)=O)=C(C)N2. The molecular formula is C26H30BrN5O3S. The second-order valence-corrected chi connectivity index (χ2v) is 10.5. The van der Waals surface area contributed by atoms with Crippen LogP contribution < -0.4 is 20.5 Å². The van der Waals surface area contributed by atoms with E-state index in [9.17, 15) is 4.79 Å². The van der Waals surface area contributed by atoms with Gasteiger partial charge in [0.05, 0.1) is 17.2 Å². The van der Waals surface area contributed by atoms with Crippen molar-refractivity contribution >= 4 is 39.5 Å². The van der Waals surface area contributed by atoms with Crippen molar-refractivity contribution in [2.24, 2.45) is 5.73 Å². The number of anilines is 1. The van der Waals surface area contributed by atoms with E-state index in [0.717, 1.165) is 29.7 Å². The number of aromatic nitrogens is 3. The number of carbonyl (C=O) groups excluding carboxylic acids is 1. The Morgan fingerprint density at radius 1 is 1.28 bits per heavy atom. The molecule has 0 spiro atoms. The highest BCUT2D eigenvalue weighted by atomic mass is 79.9. The molecule has 8 nitrogen and oxygen atoms in total. The number of carbonyl (C=O) groups is 1. The summed E-state index contributed by atoms with van der Waals surface area (Å²) in [5.74, 6) is 2.07. The van der Waals surface area contributed by atoms with Gasteiger partial charge in [0.1, 0.15) is 12.6 Å². The Labute approximate surface area is 223 Å². The minimum atomic E-state index is -0.567. The number of thioether (sulfide) groups is 1. The van der Waals surface area contributed by atoms with Gasteiger partial charge in [-0.2, -0.15) is 4.98 Å². The number of nitrogens with one attached hydrogen (secondary N) is 1. The highest BCUT2D eigenvalue weighted by Crippen LogP contribution is 2.43. The van der Waals surface area contributed by atoms with Crippen LogP contribution in [0, 0.1) is 6.92 Å². The van der Waals surface area contributed by atoms with Crippen LogP contribution in [0.1, 0.15) is 49.4 Å². The lowest BCUT2D eigenvalue weighted by molar-refractivity contribution is -0.115. The van der Waals surface area contributed by atoms with Crippen LogP contribution in [0.3, 0.4) is 0 Å². The van der Waals surface area contributed by atoms with Crippen molar-refractivity contribution in [2.75, 3.05) is 18.2 Å². The molecule has 2 aromatic carbocycles. The number of allylic oxidation sites excluding steroid dienone is 1. The first kappa shape index (κ1) is 26.1. The van der Waals surface area contributed by atoms with Crippen molar-refractivity contribution < 1.29 is 14.3 Å². The van der Waals surface area contributed by atoms with Crippen LogP contribution in [-0.4, -0.2) is 33.5 Å². The molecule has 0 saturated carbocycles. The number of amides is 1. The summed E-state index contributed by atoms with van der Waals surface area (Å²) in [5.41, 5.74) is 9.90. The molecule has 0 fully saturated rings. The van der Waals surface area contributed by atoms with E-state index in [-0.39, 0.29) is 0 Å². The maximum Gasteiger partial charge on any atom is 0.248 e. The van der Waals surface area contributed by atoms with Crippen molar-refractivity contribution in [2.45, 2.75) is 51.4 Å². The van der Waals surface area contributed by atoms with E-state index in [0.29, 0.717) is 45.0 Å². The minimum Gasteiger partial charge on any atom is -0.493 e. The first-order valence-electron chi connectivity index (χ1n) is 11.7. The zero-order valence-corrected chi connectivity index (χ0v) is 23.2. The number of methoxy groups -OCH3 is 1. The molecule has 190 valence electrons. The van der Waals surface area contributed by atoms with Crippen LogP contribution in [0.15, 0.2) is 57.3 Å². The Morgan fingerprint density at radius 3 is 2.78 bits per heavy atom. The molecule has 10 heteroatoms. The Balaban J connectivity index is 1.71. The monoisotopic (exact) mass is 571 g/mol. The smallest absolute Gasteiger partial charge is 0.248 e. The first-order chi connectivity index (χ1) is 17.3. The standard InChI is InChI=1S/C26H30BrN5O3S/c1-5-6-10-36-26-30-25-29-16(3)21(24(28)33)22(32(25)31-26)18-12-19(27)23(20(13-18)34-4)35-14-17-9-7-8-15(2)11-17/h7-9,11-13,22H,5-6,10,14H2,1-4H3,(H2,28,33)(H,29,30,31). The number of halogens is 1. The molecule has 1 amide bonds. The molecule has 0 bridgehead atoms. The van der Waals surface area contributed by atoms with Crippen molar-refractivity contribution in [3.05, 3.63) is 68.8 Å². The Morgan fingerprint density at radius 2 is 2.08 bits per heavy atom. The summed E-state index contributed by atoms with van der Waals surface area (Å²) in [7, 11) is 1.59. The topological polar surface area (TPSA) is 104 Å². The number of nitrogens with two attached hydrogens (primary N) is 1. The van der Waals surface area contributed by atoms with Gasteiger partial charge in [-0.3, -0.25) is 4.79 Å². The molecule has 0 saturated heterocycles. The number of hydrogen-bond donors (Lipinski definition) is 2. The number of aryl methyl sites for hydroxylation is 1. The number of unbranched alkanes of at least 4 members (excludes halogenated alkanes) is 1. The molecule has 36 heavy (non-hydrogen) atoms. The summed E-state index contributed by atoms with van der Waals surface area (Å²) >= 11 is 5.24. The summed E-state index contributed by atoms with van der Waals surface area (Å²) in [6.07, 6.45) is 2.17. The molecule has 1 aliphatic rings. The van der Waals surface area contributed by atoms with Gasteiger partial charge < -0.3 is 20.5 Å². The van der Waals surface area contributed by atoms with Gasteiger partial charge in [0.15, 0.2) is 11.5 Å². The van der Waals surface area contributed by atoms with E-state index in [2.05, 4.69) is 39.2 Å². The second-order valence-electron chi connectivity index (χ2n) is 8.61. The van der Waals surface area contributed by atoms with Gasteiger partial charge in [-0.25, -0.2) is 4.68 Å². The molecule has 1 aliphatic heterocycles. The van der Waals surface area contributed by atoms with E-state index in [1.54, 1.807) is 23.6 Å². The number of benzene rings is 2. The molecule has 1 unspecified atom stereocenters. The Bertz CT molecular complexity index is 1310. The van der Waals surface area contributed by atoms with Gasteiger partial charge >= 0.3 is 0 Å². The quantitative estimate of drug-likeness (QED) is 0.241. The molecular weight excluding hydrogens is 542 g/mol. The maximum atomic E-state index is 12.6. The second kappa shape index (κ2) is 11.4. The summed E-state index contributed by atoms with van der Waals surface area (Å²) in [6.45, 7) is 6.41. The molecule has 3 aromatic rings. The molecule has 0 radical (unpaired) electrons. The summed E-state index contributed by atoms with van der Waals surface area (Å²) < 4.78 is 14.3. The normalized spacial score (nSPS) is 14.9. The van der Waals surface area contributed by atoms with Crippen LogP contribution in [0.4, 0.5) is 5.95 Å². The van der Waals surface area contributed by atoms with Crippen molar-refractivity contribution in [3.63, 3.8) is 0 Å². The van der Waals surface area contributed by atoms with Gasteiger partial charge in [0.2, 0.25) is 17.0 Å². The van der Waals surface area contributed by atoms with E-state index in [1.165, 1.54) is 5.56 Å². The number of nitrogens with zero attached hydrogens (tertiary/aromatic N) is 3. The third-order valence-corrected chi connectivity index (χ3v) is 7.37. The predicted octanol–water partition coefficient (Wildman–Crippen LogP) is 5.60. The fourth-order valence-electron chi connectivity index (χ4n) is 4.12. The largest absolute Gasteiger partial charge is 0.493 e. The summed E-state index contributed by atoms with van der Waals surface area (Å²) in [6, 6.07) is 11.4. The highest BCUT2D eigenvalue weighted by molar-refractivity contribution is 9.10. The number of hydrogen-bond acceptors (Lipinski definition) is 7.